The Morgan fingerprint density at radius 2 is 1.85 bits per heavy atom. The summed E-state index contributed by atoms with van der Waals surface area (Å²) in [6, 6.07) is 18.6. The first-order valence-electron chi connectivity index (χ1n) is 12.9. The van der Waals surface area contributed by atoms with E-state index in [1.807, 2.05) is 24.3 Å². The first-order valence-corrected chi connectivity index (χ1v) is 15.0. The molecule has 11 heteroatoms. The molecule has 0 radical (unpaired) electrons. The number of rotatable bonds is 10. The summed E-state index contributed by atoms with van der Waals surface area (Å²) in [5.41, 5.74) is 1.67. The molecule has 1 aromatic heterocycles. The third kappa shape index (κ3) is 6.45. The number of Topliss-reactive ketones (excluding diaryl/α,β-unsaturated/α-hetero) is 1. The van der Waals surface area contributed by atoms with Crippen molar-refractivity contribution in [1.29, 1.82) is 0 Å². The van der Waals surface area contributed by atoms with E-state index in [9.17, 15) is 19.1 Å². The van der Waals surface area contributed by atoms with Crippen LogP contribution in [0.4, 0.5) is 9.52 Å². The third-order valence-corrected chi connectivity index (χ3v) is 8.76. The summed E-state index contributed by atoms with van der Waals surface area (Å²) < 4.78 is 20.1. The Morgan fingerprint density at radius 1 is 1.10 bits per heavy atom. The zero-order valence-corrected chi connectivity index (χ0v) is 24.3. The lowest BCUT2D eigenvalue weighted by Gasteiger charge is -2.23. The van der Waals surface area contributed by atoms with Crippen molar-refractivity contribution in [3.05, 3.63) is 106 Å². The number of thioether (sulfide) groups is 1. The number of carbonyl (C=O) groups excluding carboxylic acids is 2. The van der Waals surface area contributed by atoms with E-state index < -0.39 is 29.3 Å². The highest BCUT2D eigenvalue weighted by Crippen LogP contribution is 2.44. The maximum Gasteiger partial charge on any atom is 0.301 e. The predicted molar refractivity (Wildman–Crippen MR) is 159 cm³/mol. The van der Waals surface area contributed by atoms with E-state index in [1.54, 1.807) is 24.3 Å². The molecule has 1 aliphatic rings. The molecular formula is C30H25ClFN3O4S2. The summed E-state index contributed by atoms with van der Waals surface area (Å²) in [4.78, 5) is 28.1. The number of benzene rings is 3. The number of aliphatic hydroxyl groups excluding tert-OH is 1. The van der Waals surface area contributed by atoms with Crippen LogP contribution in [-0.4, -0.2) is 33.6 Å². The lowest BCUT2D eigenvalue weighted by Crippen LogP contribution is -2.29. The fraction of sp³-hybridized carbons (Fsp3) is 0.200. The highest BCUT2D eigenvalue weighted by atomic mass is 35.5. The molecule has 1 amide bonds. The van der Waals surface area contributed by atoms with Gasteiger partial charge in [-0.25, -0.2) is 4.39 Å². The number of aromatic nitrogens is 2. The Kier molecular flexibility index (Phi) is 9.02. The molecule has 1 saturated heterocycles. The highest BCUT2D eigenvalue weighted by molar-refractivity contribution is 8.00. The molecule has 2 heterocycles. The van der Waals surface area contributed by atoms with Crippen LogP contribution in [0.25, 0.3) is 5.76 Å². The van der Waals surface area contributed by atoms with Crippen LogP contribution in [0.5, 0.6) is 5.75 Å². The number of hydrogen-bond acceptors (Lipinski definition) is 8. The van der Waals surface area contributed by atoms with E-state index in [4.69, 9.17) is 16.3 Å². The first-order chi connectivity index (χ1) is 19.9. The summed E-state index contributed by atoms with van der Waals surface area (Å²) in [6.07, 6.45) is 1.83. The van der Waals surface area contributed by atoms with Gasteiger partial charge in [-0.1, -0.05) is 72.3 Å². The maximum atomic E-state index is 13.6. The number of nitrogens with zero attached hydrogens (tertiary/aromatic N) is 3. The molecule has 3 aromatic carbocycles. The second-order valence-electron chi connectivity index (χ2n) is 9.22. The van der Waals surface area contributed by atoms with Gasteiger partial charge in [0.05, 0.1) is 18.2 Å². The smallest absolute Gasteiger partial charge is 0.301 e. The summed E-state index contributed by atoms with van der Waals surface area (Å²) in [7, 11) is 0. The lowest BCUT2D eigenvalue weighted by molar-refractivity contribution is -0.132. The molecule has 0 aliphatic carbocycles. The van der Waals surface area contributed by atoms with Gasteiger partial charge in [0.25, 0.3) is 5.78 Å². The lowest BCUT2D eigenvalue weighted by atomic mass is 9.95. The van der Waals surface area contributed by atoms with Crippen molar-refractivity contribution in [3.63, 3.8) is 0 Å². The summed E-state index contributed by atoms with van der Waals surface area (Å²) in [5.74, 6) is -1.45. The van der Waals surface area contributed by atoms with Gasteiger partial charge >= 0.3 is 5.91 Å². The van der Waals surface area contributed by atoms with Crippen LogP contribution in [0, 0.1) is 5.82 Å². The first kappa shape index (κ1) is 28.8. The van der Waals surface area contributed by atoms with Crippen LogP contribution < -0.4 is 9.64 Å². The molecule has 0 saturated carbocycles. The highest BCUT2D eigenvalue weighted by Gasteiger charge is 2.48. The normalized spacial score (nSPS) is 16.4. The molecule has 0 bridgehead atoms. The largest absolute Gasteiger partial charge is 0.507 e. The van der Waals surface area contributed by atoms with Crippen LogP contribution in [0.15, 0.2) is 82.7 Å². The quantitative estimate of drug-likeness (QED) is 0.0499. The second-order valence-corrected chi connectivity index (χ2v) is 11.8. The molecule has 1 unspecified atom stereocenters. The Morgan fingerprint density at radius 3 is 2.59 bits per heavy atom. The van der Waals surface area contributed by atoms with Crippen molar-refractivity contribution in [1.82, 2.24) is 10.2 Å². The number of aliphatic hydroxyl groups is 1. The molecule has 1 fully saturated rings. The molecule has 210 valence electrons. The van der Waals surface area contributed by atoms with Gasteiger partial charge in [0.15, 0.2) is 4.34 Å². The standard InChI is InChI=1S/C30H25ClFN3O4S2/c1-2-3-15-39-23-6-4-5-20(16-23)25-24(26(36)19-9-13-22(32)14-10-19)27(37)28(38)35(25)29-33-34-30(41-29)40-17-18-7-11-21(31)12-8-18/h4-14,16,25,36H,2-3,15,17H2,1H3. The molecule has 1 atom stereocenters. The summed E-state index contributed by atoms with van der Waals surface area (Å²) in [5, 5.41) is 20.6. The van der Waals surface area contributed by atoms with Gasteiger partial charge in [0, 0.05) is 16.3 Å². The van der Waals surface area contributed by atoms with Gasteiger partial charge < -0.3 is 9.84 Å². The number of ketones is 1. The minimum absolute atomic E-state index is 0.127. The zero-order chi connectivity index (χ0) is 28.9. The van der Waals surface area contributed by atoms with Crippen molar-refractivity contribution in [2.75, 3.05) is 11.5 Å². The fourth-order valence-electron chi connectivity index (χ4n) is 4.30. The zero-order valence-electron chi connectivity index (χ0n) is 21.9. The van der Waals surface area contributed by atoms with Crippen molar-refractivity contribution < 1.29 is 23.8 Å². The maximum absolute atomic E-state index is 13.6. The molecular weight excluding hydrogens is 585 g/mol. The second kappa shape index (κ2) is 12.8. The summed E-state index contributed by atoms with van der Waals surface area (Å²) >= 11 is 8.59. The number of unbranched alkanes of at least 4 members (excludes halogenated alkanes) is 1. The average molecular weight is 610 g/mol. The Hall–Kier alpha value is -3.73. The number of halogens is 2. The van der Waals surface area contributed by atoms with Crippen molar-refractivity contribution in [2.24, 2.45) is 0 Å². The average Bonchev–Trinajstić information content (AvgIpc) is 3.55. The van der Waals surface area contributed by atoms with Gasteiger partial charge in [-0.15, -0.1) is 10.2 Å². The SMILES string of the molecule is CCCCOc1cccc(C2C(=C(O)c3ccc(F)cc3)C(=O)C(=O)N2c2nnc(SCc3ccc(Cl)cc3)s2)c1. The van der Waals surface area contributed by atoms with Gasteiger partial charge in [-0.3, -0.25) is 14.5 Å². The van der Waals surface area contributed by atoms with Crippen LogP contribution in [0.3, 0.4) is 0 Å². The monoisotopic (exact) mass is 609 g/mol. The third-order valence-electron chi connectivity index (χ3n) is 6.38. The molecule has 1 aliphatic heterocycles. The van der Waals surface area contributed by atoms with Gasteiger partial charge in [-0.2, -0.15) is 0 Å². The minimum Gasteiger partial charge on any atom is -0.507 e. The van der Waals surface area contributed by atoms with Crippen molar-refractivity contribution >= 4 is 57.3 Å². The summed E-state index contributed by atoms with van der Waals surface area (Å²) in [6.45, 7) is 2.58. The number of anilines is 1. The predicted octanol–water partition coefficient (Wildman–Crippen LogP) is 7.43. The van der Waals surface area contributed by atoms with Gasteiger partial charge in [0.1, 0.15) is 17.3 Å². The molecule has 1 N–H and O–H groups in total. The molecule has 0 spiro atoms. The molecule has 7 nitrogen and oxygen atoms in total. The van der Waals surface area contributed by atoms with Gasteiger partial charge in [-0.05, 0) is 66.1 Å². The Bertz CT molecular complexity index is 1590. The van der Waals surface area contributed by atoms with E-state index >= 15 is 0 Å². The molecule has 41 heavy (non-hydrogen) atoms. The van der Waals surface area contributed by atoms with Crippen LogP contribution >= 0.6 is 34.7 Å². The van der Waals surface area contributed by atoms with Crippen molar-refractivity contribution in [3.8, 4) is 5.75 Å². The number of ether oxygens (including phenoxy) is 1. The molecule has 5 rings (SSSR count). The number of amides is 1. The van der Waals surface area contributed by atoms with E-state index in [-0.39, 0.29) is 16.3 Å². The van der Waals surface area contributed by atoms with Crippen molar-refractivity contribution in [2.45, 2.75) is 35.9 Å². The van der Waals surface area contributed by atoms with Gasteiger partial charge in [0.2, 0.25) is 5.13 Å². The number of carbonyl (C=O) groups is 2. The van der Waals surface area contributed by atoms with Crippen LogP contribution in [0.1, 0.15) is 42.5 Å². The Labute approximate surface area is 249 Å². The minimum atomic E-state index is -1.00. The van der Waals surface area contributed by atoms with E-state index in [1.165, 1.54) is 52.3 Å². The van der Waals surface area contributed by atoms with Crippen LogP contribution in [0.2, 0.25) is 5.02 Å². The Balaban J connectivity index is 1.53. The fourth-order valence-corrected chi connectivity index (χ4v) is 6.25. The molecule has 4 aromatic rings. The van der Waals surface area contributed by atoms with E-state index in [2.05, 4.69) is 17.1 Å². The van der Waals surface area contributed by atoms with E-state index in [0.717, 1.165) is 18.4 Å². The topological polar surface area (TPSA) is 92.6 Å². The van der Waals surface area contributed by atoms with E-state index in [0.29, 0.717) is 33.0 Å². The number of hydrogen-bond donors (Lipinski definition) is 1. The van der Waals surface area contributed by atoms with Crippen LogP contribution in [-0.2, 0) is 15.3 Å².